The second-order valence-electron chi connectivity index (χ2n) is 7.44. The van der Waals surface area contributed by atoms with Crippen molar-refractivity contribution in [3.05, 3.63) is 72.5 Å². The Labute approximate surface area is 169 Å². The first-order chi connectivity index (χ1) is 14.1. The molecule has 2 N–H and O–H groups in total. The number of aromatic nitrogens is 3. The van der Waals surface area contributed by atoms with E-state index < -0.39 is 0 Å². The van der Waals surface area contributed by atoms with Crippen molar-refractivity contribution in [3.8, 4) is 22.5 Å². The zero-order valence-corrected chi connectivity index (χ0v) is 16.7. The quantitative estimate of drug-likeness (QED) is 0.477. The molecular formula is C23H25FN5+. The molecule has 0 saturated carbocycles. The minimum absolute atomic E-state index is 0.276. The summed E-state index contributed by atoms with van der Waals surface area (Å²) in [6.45, 7) is 1.92. The van der Waals surface area contributed by atoms with Crippen LogP contribution >= 0.6 is 0 Å². The third kappa shape index (κ3) is 4.43. The van der Waals surface area contributed by atoms with Crippen molar-refractivity contribution in [1.82, 2.24) is 14.6 Å². The van der Waals surface area contributed by atoms with Crippen molar-refractivity contribution in [2.24, 2.45) is 0 Å². The van der Waals surface area contributed by atoms with E-state index in [9.17, 15) is 4.39 Å². The SMILES string of the molecule is C[NH+](C)CCCNc1cc(-c2ccccc2)nc2cc(-c3cccc(F)c3)nn12. The van der Waals surface area contributed by atoms with Gasteiger partial charge in [-0.25, -0.2) is 9.37 Å². The molecule has 148 valence electrons. The van der Waals surface area contributed by atoms with Crippen LogP contribution in [0.25, 0.3) is 28.2 Å². The van der Waals surface area contributed by atoms with Crippen LogP contribution in [0.3, 0.4) is 0 Å². The van der Waals surface area contributed by atoms with E-state index in [2.05, 4.69) is 19.4 Å². The van der Waals surface area contributed by atoms with E-state index in [4.69, 9.17) is 10.1 Å². The van der Waals surface area contributed by atoms with Gasteiger partial charge in [-0.15, -0.1) is 0 Å². The summed E-state index contributed by atoms with van der Waals surface area (Å²) in [6, 6.07) is 20.5. The Morgan fingerprint density at radius 1 is 0.931 bits per heavy atom. The molecule has 0 bridgehead atoms. The Hall–Kier alpha value is -3.25. The van der Waals surface area contributed by atoms with Gasteiger partial charge < -0.3 is 10.2 Å². The first-order valence-corrected chi connectivity index (χ1v) is 9.85. The van der Waals surface area contributed by atoms with Gasteiger partial charge in [0.25, 0.3) is 0 Å². The Morgan fingerprint density at radius 3 is 2.48 bits per heavy atom. The maximum atomic E-state index is 13.7. The predicted molar refractivity (Wildman–Crippen MR) is 115 cm³/mol. The second kappa shape index (κ2) is 8.41. The fourth-order valence-corrected chi connectivity index (χ4v) is 3.30. The topological polar surface area (TPSA) is 46.7 Å². The fraction of sp³-hybridized carbons (Fsp3) is 0.217. The van der Waals surface area contributed by atoms with E-state index in [1.54, 1.807) is 10.6 Å². The van der Waals surface area contributed by atoms with Gasteiger partial charge in [-0.3, -0.25) is 0 Å². The van der Waals surface area contributed by atoms with Gasteiger partial charge in [-0.2, -0.15) is 9.61 Å². The predicted octanol–water partition coefficient (Wildman–Crippen LogP) is 3.15. The van der Waals surface area contributed by atoms with Gasteiger partial charge in [0.2, 0.25) is 0 Å². The number of hydrogen-bond acceptors (Lipinski definition) is 3. The molecule has 4 rings (SSSR count). The van der Waals surface area contributed by atoms with E-state index in [-0.39, 0.29) is 5.82 Å². The van der Waals surface area contributed by atoms with Gasteiger partial charge in [0.15, 0.2) is 5.65 Å². The van der Waals surface area contributed by atoms with E-state index in [1.165, 1.54) is 17.0 Å². The van der Waals surface area contributed by atoms with Gasteiger partial charge >= 0.3 is 0 Å². The third-order valence-electron chi connectivity index (χ3n) is 4.78. The van der Waals surface area contributed by atoms with Crippen LogP contribution in [0.2, 0.25) is 0 Å². The van der Waals surface area contributed by atoms with E-state index in [0.717, 1.165) is 47.8 Å². The van der Waals surface area contributed by atoms with Gasteiger partial charge in [0.05, 0.1) is 32.0 Å². The number of benzene rings is 2. The number of fused-ring (bicyclic) bond motifs is 1. The average molecular weight is 390 g/mol. The number of hydrogen-bond donors (Lipinski definition) is 2. The standard InChI is InChI=1S/C23H24FN5/c1-28(2)13-7-12-25-22-15-20(17-8-4-3-5-9-17)26-23-16-21(27-29(22)23)18-10-6-11-19(24)14-18/h3-6,8-11,14-16,25H,7,12-13H2,1-2H3/p+1. The van der Waals surface area contributed by atoms with Gasteiger partial charge in [0, 0.05) is 36.2 Å². The first kappa shape index (κ1) is 19.1. The highest BCUT2D eigenvalue weighted by atomic mass is 19.1. The number of halogens is 1. The van der Waals surface area contributed by atoms with Crippen LogP contribution in [0.4, 0.5) is 10.2 Å². The molecule has 2 heterocycles. The third-order valence-corrected chi connectivity index (χ3v) is 4.78. The summed E-state index contributed by atoms with van der Waals surface area (Å²) >= 11 is 0. The molecule has 0 radical (unpaired) electrons. The van der Waals surface area contributed by atoms with Crippen LogP contribution in [0, 0.1) is 5.82 Å². The lowest BCUT2D eigenvalue weighted by Crippen LogP contribution is -3.05. The monoisotopic (exact) mass is 390 g/mol. The van der Waals surface area contributed by atoms with Crippen LogP contribution in [0.5, 0.6) is 0 Å². The number of anilines is 1. The van der Waals surface area contributed by atoms with Crippen molar-refractivity contribution in [1.29, 1.82) is 0 Å². The minimum Gasteiger partial charge on any atom is -0.370 e. The minimum atomic E-state index is -0.276. The summed E-state index contributed by atoms with van der Waals surface area (Å²) in [5.74, 6) is 0.604. The van der Waals surface area contributed by atoms with Crippen LogP contribution < -0.4 is 10.2 Å². The summed E-state index contributed by atoms with van der Waals surface area (Å²) in [7, 11) is 4.30. The van der Waals surface area contributed by atoms with Crippen molar-refractivity contribution in [3.63, 3.8) is 0 Å². The van der Waals surface area contributed by atoms with E-state index >= 15 is 0 Å². The lowest BCUT2D eigenvalue weighted by Gasteiger charge is -2.11. The lowest BCUT2D eigenvalue weighted by molar-refractivity contribution is -0.858. The normalized spacial score (nSPS) is 11.3. The molecule has 0 atom stereocenters. The van der Waals surface area contributed by atoms with Gasteiger partial charge in [0.1, 0.15) is 11.6 Å². The highest BCUT2D eigenvalue weighted by molar-refractivity contribution is 5.70. The smallest absolute Gasteiger partial charge is 0.158 e. The Morgan fingerprint density at radius 2 is 1.72 bits per heavy atom. The van der Waals surface area contributed by atoms with Crippen LogP contribution in [0.1, 0.15) is 6.42 Å². The number of quaternary nitrogens is 1. The number of nitrogens with one attached hydrogen (secondary N) is 2. The van der Waals surface area contributed by atoms with Crippen molar-refractivity contribution >= 4 is 11.5 Å². The Kier molecular flexibility index (Phi) is 5.53. The molecule has 29 heavy (non-hydrogen) atoms. The summed E-state index contributed by atoms with van der Waals surface area (Å²) in [6.07, 6.45) is 1.05. The molecule has 5 nitrogen and oxygen atoms in total. The average Bonchev–Trinajstić information content (AvgIpc) is 3.16. The molecular weight excluding hydrogens is 365 g/mol. The summed E-state index contributed by atoms with van der Waals surface area (Å²) < 4.78 is 15.5. The molecule has 0 amide bonds. The van der Waals surface area contributed by atoms with E-state index in [0.29, 0.717) is 5.69 Å². The second-order valence-corrected chi connectivity index (χ2v) is 7.44. The van der Waals surface area contributed by atoms with Crippen molar-refractivity contribution in [2.75, 3.05) is 32.5 Å². The van der Waals surface area contributed by atoms with Crippen molar-refractivity contribution < 1.29 is 9.29 Å². The van der Waals surface area contributed by atoms with Crippen molar-refractivity contribution in [2.45, 2.75) is 6.42 Å². The van der Waals surface area contributed by atoms with Crippen LogP contribution in [0.15, 0.2) is 66.7 Å². The fourth-order valence-electron chi connectivity index (χ4n) is 3.30. The largest absolute Gasteiger partial charge is 0.370 e. The molecule has 0 aliphatic heterocycles. The number of nitrogens with zero attached hydrogens (tertiary/aromatic N) is 3. The lowest BCUT2D eigenvalue weighted by atomic mass is 10.1. The zero-order chi connectivity index (χ0) is 20.2. The molecule has 6 heteroatoms. The highest BCUT2D eigenvalue weighted by Gasteiger charge is 2.12. The van der Waals surface area contributed by atoms with E-state index in [1.807, 2.05) is 48.5 Å². The summed E-state index contributed by atoms with van der Waals surface area (Å²) in [4.78, 5) is 6.21. The van der Waals surface area contributed by atoms with Gasteiger partial charge in [-0.1, -0.05) is 42.5 Å². The first-order valence-electron chi connectivity index (χ1n) is 9.85. The highest BCUT2D eigenvalue weighted by Crippen LogP contribution is 2.26. The maximum absolute atomic E-state index is 13.7. The Bertz CT molecular complexity index is 1100. The summed E-state index contributed by atoms with van der Waals surface area (Å²) in [5.41, 5.74) is 4.09. The molecule has 0 saturated heterocycles. The zero-order valence-electron chi connectivity index (χ0n) is 16.7. The van der Waals surface area contributed by atoms with Gasteiger partial charge in [-0.05, 0) is 12.1 Å². The molecule has 0 aliphatic carbocycles. The molecule has 0 spiro atoms. The van der Waals surface area contributed by atoms with Crippen LogP contribution in [-0.4, -0.2) is 41.8 Å². The molecule has 4 aromatic rings. The molecule has 0 fully saturated rings. The number of rotatable bonds is 7. The van der Waals surface area contributed by atoms with Crippen LogP contribution in [-0.2, 0) is 0 Å². The maximum Gasteiger partial charge on any atom is 0.158 e. The molecule has 0 aliphatic rings. The molecule has 2 aromatic heterocycles. The molecule has 0 unspecified atom stereocenters. The molecule has 2 aromatic carbocycles. The Balaban J connectivity index is 1.74. The summed E-state index contributed by atoms with van der Waals surface area (Å²) in [5, 5.41) is 8.19.